The molecule has 0 aromatic carbocycles. The zero-order valence-corrected chi connectivity index (χ0v) is 58.3. The first kappa shape index (κ1) is 78.4. The highest BCUT2D eigenvalue weighted by Gasteiger charge is 2.77. The van der Waals surface area contributed by atoms with Gasteiger partial charge in [0.05, 0.1) is 50.7 Å². The molecule has 0 unspecified atom stereocenters. The van der Waals surface area contributed by atoms with Gasteiger partial charge in [-0.2, -0.15) is 0 Å². The second kappa shape index (κ2) is 30.5. The van der Waals surface area contributed by atoms with Gasteiger partial charge >= 0.3 is 11.9 Å². The number of allylic oxidation sites excluding steroid dienone is 2. The Morgan fingerprint density at radius 3 is 1.62 bits per heavy atom. The van der Waals surface area contributed by atoms with Gasteiger partial charge in [-0.3, -0.25) is 9.59 Å². The molecule has 0 aromatic heterocycles. The summed E-state index contributed by atoms with van der Waals surface area (Å²) in [4.78, 5) is 27.1. The third kappa shape index (κ3) is 13.9. The zero-order valence-electron chi connectivity index (χ0n) is 58.3. The molecule has 7 saturated heterocycles. The number of cyclic esters (lactones) is 1. The summed E-state index contributed by atoms with van der Waals surface area (Å²) in [6, 6.07) is 0. The van der Waals surface area contributed by atoms with E-state index in [0.717, 1.165) is 18.4 Å². The lowest BCUT2D eigenvalue weighted by molar-refractivity contribution is -0.400. The van der Waals surface area contributed by atoms with E-state index >= 15 is 0 Å². The first-order chi connectivity index (χ1) is 47.2. The predicted octanol–water partition coefficient (Wildman–Crippen LogP) is -2.90. The molecule has 7 heterocycles. The fraction of sp³-hybridized carbons (Fsp3) is 0.912. The molecule has 32 nitrogen and oxygen atoms in total. The number of rotatable bonds is 22. The number of methoxy groups -OCH3 is 2. The summed E-state index contributed by atoms with van der Waals surface area (Å²) in [6.45, 7) is 16.1. The van der Waals surface area contributed by atoms with Gasteiger partial charge in [0.25, 0.3) is 0 Å². The van der Waals surface area contributed by atoms with Crippen molar-refractivity contribution < 1.29 is 157 Å². The van der Waals surface area contributed by atoms with Crippen molar-refractivity contribution in [3.05, 3.63) is 23.8 Å². The summed E-state index contributed by atoms with van der Waals surface area (Å²) in [7, 11) is 2.39. The van der Waals surface area contributed by atoms with Crippen LogP contribution in [0.15, 0.2) is 23.8 Å². The van der Waals surface area contributed by atoms with E-state index in [9.17, 15) is 81.1 Å². The number of carbonyl (C=O) groups excluding carboxylic acids is 2. The number of ether oxygens (including phenoxy) is 16. The van der Waals surface area contributed by atoms with Gasteiger partial charge in [-0.05, 0) is 88.4 Å². The van der Waals surface area contributed by atoms with Crippen LogP contribution >= 0.6 is 0 Å². The lowest BCUT2D eigenvalue weighted by atomic mass is 9.41. The summed E-state index contributed by atoms with van der Waals surface area (Å²) < 4.78 is 96.7. The maximum Gasteiger partial charge on any atom is 0.313 e. The molecule has 3 saturated carbocycles. The molecule has 572 valence electrons. The van der Waals surface area contributed by atoms with E-state index < -0.39 is 245 Å². The summed E-state index contributed by atoms with van der Waals surface area (Å²) >= 11 is 0. The number of aliphatic hydroxyl groups is 14. The van der Waals surface area contributed by atoms with Gasteiger partial charge in [0.1, 0.15) is 140 Å². The molecule has 0 amide bonds. The van der Waals surface area contributed by atoms with Gasteiger partial charge in [-0.15, -0.1) is 6.58 Å². The number of aliphatic hydroxyl groups excluding tert-OH is 14. The van der Waals surface area contributed by atoms with E-state index in [4.69, 9.17) is 75.8 Å². The van der Waals surface area contributed by atoms with Crippen LogP contribution in [0.4, 0.5) is 0 Å². The van der Waals surface area contributed by atoms with Crippen molar-refractivity contribution in [1.29, 1.82) is 0 Å². The Bertz CT molecular complexity index is 2840. The van der Waals surface area contributed by atoms with E-state index in [0.29, 0.717) is 44.9 Å². The van der Waals surface area contributed by atoms with Gasteiger partial charge in [0.2, 0.25) is 0 Å². The van der Waals surface area contributed by atoms with Gasteiger partial charge in [-0.25, -0.2) is 0 Å². The van der Waals surface area contributed by atoms with Crippen LogP contribution in [0.2, 0.25) is 0 Å². The zero-order chi connectivity index (χ0) is 72.8. The Labute approximate surface area is 580 Å². The van der Waals surface area contributed by atoms with Crippen molar-refractivity contribution in [2.24, 2.45) is 39.4 Å². The normalized spacial score (nSPS) is 51.2. The molecule has 32 heteroatoms. The summed E-state index contributed by atoms with van der Waals surface area (Å²) in [5.74, 6) is -0.753. The van der Waals surface area contributed by atoms with E-state index in [-0.39, 0.29) is 29.1 Å². The molecule has 14 N–H and O–H groups in total. The largest absolute Gasteiger partial charge is 0.462 e. The second-order valence-corrected chi connectivity index (χ2v) is 31.0. The first-order valence-corrected chi connectivity index (χ1v) is 35.1. The van der Waals surface area contributed by atoms with Gasteiger partial charge in [0.15, 0.2) is 37.7 Å². The van der Waals surface area contributed by atoms with E-state index in [1.54, 1.807) is 0 Å². The molecule has 11 aliphatic rings. The lowest BCUT2D eigenvalue weighted by Gasteiger charge is -2.64. The first-order valence-electron chi connectivity index (χ1n) is 35.1. The fourth-order valence-electron chi connectivity index (χ4n) is 19.4. The van der Waals surface area contributed by atoms with Crippen LogP contribution in [0, 0.1) is 39.4 Å². The topological polar surface area (TPSA) is 465 Å². The SMILES string of the molecule is C=C(C)C[C@@H](C[C@]1(C)OC(=O)[C@]23CC[C@@H]4C(=CC[C@H]5C(C)(C)[C@H](O[C@@H]6OC[C@@H](O)[C@H](O[C@@H]7O[C@H](CO)[C@@H](O)[C@H](O[C@@H]8O[C@H](CO)[C@@H](O)[C@H](OC)[C@H]8O)[C@H]7O)[C@H]6O[C@@H]6O[C@H](C)[C@@H](O[C@@H]7OC[C@@H](O)[C@H](O[C@@H]8O[C@H](CO)[C@@H](O)[C@H](OC)[C@H]8O)[C@H]7O)[C@H](O)[C@H]6O)CC[C@]45C)[C@]2(C)CC[C@@H]31)OC(C)=O. The maximum absolute atomic E-state index is 14.8. The highest BCUT2D eigenvalue weighted by atomic mass is 16.8. The van der Waals surface area contributed by atoms with Crippen LogP contribution in [0.5, 0.6) is 0 Å². The standard InChI is InChI=1S/C68H108O32/c1-27(2)20-30(90-29(4)72)21-67(9)39-15-18-66(8)32-12-13-38-64(5,6)40(16-17-65(38,7)31(32)14-19-68(39,66)63(84)100-67)94-62-56(52(34(74)26-88-62)97-61-49(83)55(43(77)37(24-71)93-61)98-60-48(82)54(86-11)42(76)36(23-70)92-60)99-58-45(79)44(78)50(28(3)89-58)95-57-46(80)51(33(73)25-87-57)96-59-47(81)53(85-10)41(75)35(22-69)91-59/h12,28,30-31,33-62,69-71,73-83H,1,13-26H2,2-11H3/t28-,30+,31-,33-,34-,35-,36-,37-,38+,39-,40-,41-,42-,43-,44-,45-,46-,47-,48-,49-,50-,51+,52+,53+,54+,55+,56-,57+,58+,59+,60+,61+,62+,65-,66+,67+,68-/m1/s1. The third-order valence-corrected chi connectivity index (χ3v) is 24.5. The van der Waals surface area contributed by atoms with Gasteiger partial charge < -0.3 is 147 Å². The lowest BCUT2D eigenvalue weighted by Crippen LogP contribution is -2.67. The fourth-order valence-corrected chi connectivity index (χ4v) is 19.4. The molecule has 37 atom stereocenters. The maximum atomic E-state index is 14.8. The molecule has 10 fully saturated rings. The van der Waals surface area contributed by atoms with Crippen molar-refractivity contribution in [2.75, 3.05) is 47.3 Å². The molecule has 0 radical (unpaired) electrons. The number of hydrogen-bond donors (Lipinski definition) is 14. The minimum atomic E-state index is -2.06. The van der Waals surface area contributed by atoms with E-state index in [1.807, 2.05) is 13.8 Å². The quantitative estimate of drug-likeness (QED) is 0.0382. The Hall–Kier alpha value is -2.70. The van der Waals surface area contributed by atoms with Crippen LogP contribution in [0.3, 0.4) is 0 Å². The predicted molar refractivity (Wildman–Crippen MR) is 335 cm³/mol. The molecule has 0 bridgehead atoms. The smallest absolute Gasteiger partial charge is 0.313 e. The molecule has 11 rings (SSSR count). The van der Waals surface area contributed by atoms with Crippen LogP contribution in [0.25, 0.3) is 0 Å². The molecule has 0 aromatic rings. The Kier molecular flexibility index (Phi) is 23.9. The number of hydrogen-bond acceptors (Lipinski definition) is 32. The van der Waals surface area contributed by atoms with Crippen molar-refractivity contribution >= 4 is 11.9 Å². The van der Waals surface area contributed by atoms with Crippen LogP contribution < -0.4 is 0 Å². The summed E-state index contributed by atoms with van der Waals surface area (Å²) in [5, 5.41) is 157. The molecular formula is C68H108O32. The van der Waals surface area contributed by atoms with Crippen molar-refractivity contribution in [3.63, 3.8) is 0 Å². The minimum absolute atomic E-state index is 0.0438. The number of fused-ring (bicyclic) bond motifs is 4. The summed E-state index contributed by atoms with van der Waals surface area (Å²) in [5.41, 5.74) is -1.15. The van der Waals surface area contributed by atoms with Gasteiger partial charge in [0, 0.05) is 45.3 Å². The Morgan fingerprint density at radius 2 is 1.06 bits per heavy atom. The molecule has 1 spiro atoms. The third-order valence-electron chi connectivity index (χ3n) is 24.5. The van der Waals surface area contributed by atoms with E-state index in [1.165, 1.54) is 33.6 Å². The second-order valence-electron chi connectivity index (χ2n) is 31.0. The average molecular weight is 1440 g/mol. The molecule has 7 aliphatic heterocycles. The van der Waals surface area contributed by atoms with Crippen LogP contribution in [-0.4, -0.2) is 321 Å². The number of carbonyl (C=O) groups is 2. The van der Waals surface area contributed by atoms with Crippen LogP contribution in [-0.2, 0) is 85.4 Å². The monoisotopic (exact) mass is 1440 g/mol. The molecule has 100 heavy (non-hydrogen) atoms. The highest BCUT2D eigenvalue weighted by molar-refractivity contribution is 5.83. The molecule has 4 aliphatic carbocycles. The Balaban J connectivity index is 0.850. The molecular weight excluding hydrogens is 1330 g/mol. The highest BCUT2D eigenvalue weighted by Crippen LogP contribution is 2.76. The summed E-state index contributed by atoms with van der Waals surface area (Å²) in [6.07, 6.45) is -40.2. The van der Waals surface area contributed by atoms with Crippen molar-refractivity contribution in [3.8, 4) is 0 Å². The minimum Gasteiger partial charge on any atom is -0.462 e. The Morgan fingerprint density at radius 1 is 0.560 bits per heavy atom. The van der Waals surface area contributed by atoms with Crippen molar-refractivity contribution in [1.82, 2.24) is 0 Å². The average Bonchev–Trinajstić information content (AvgIpc) is 1.45. The number of esters is 2. The van der Waals surface area contributed by atoms with Crippen molar-refractivity contribution in [2.45, 2.75) is 303 Å². The van der Waals surface area contributed by atoms with Crippen LogP contribution in [0.1, 0.15) is 113 Å². The van der Waals surface area contributed by atoms with E-state index in [2.05, 4.69) is 40.3 Å². The van der Waals surface area contributed by atoms with Gasteiger partial charge in [-0.1, -0.05) is 44.9 Å².